The summed E-state index contributed by atoms with van der Waals surface area (Å²) in [5.41, 5.74) is 1.39. The van der Waals surface area contributed by atoms with Gasteiger partial charge < -0.3 is 13.9 Å². The Labute approximate surface area is 224 Å². The molecule has 5 rings (SSSR count). The van der Waals surface area contributed by atoms with E-state index >= 15 is 0 Å². The topological polar surface area (TPSA) is 103 Å². The molecule has 2 aromatic heterocycles. The van der Waals surface area contributed by atoms with Crippen LogP contribution in [-0.4, -0.2) is 29.1 Å². The molecule has 0 atom stereocenters. The third kappa shape index (κ3) is 4.94. The van der Waals surface area contributed by atoms with Crippen LogP contribution in [0.2, 0.25) is 5.02 Å². The van der Waals surface area contributed by atoms with E-state index in [1.807, 2.05) is 19.1 Å². The van der Waals surface area contributed by atoms with Crippen molar-refractivity contribution in [1.82, 2.24) is 9.66 Å². The van der Waals surface area contributed by atoms with Gasteiger partial charge in [0.2, 0.25) is 5.82 Å². The first-order chi connectivity index (χ1) is 18.0. The van der Waals surface area contributed by atoms with Crippen LogP contribution in [0, 0.1) is 11.3 Å². The summed E-state index contributed by atoms with van der Waals surface area (Å²) >= 11 is 9.65. The highest BCUT2D eigenvalue weighted by Crippen LogP contribution is 2.34. The summed E-state index contributed by atoms with van der Waals surface area (Å²) in [6, 6.07) is 19.4. The highest BCUT2D eigenvalue weighted by atomic mass is 79.9. The Hall–Kier alpha value is -4.13. The molecular formula is C27H18BrClN4O4. The number of halogens is 2. The molecular weight excluding hydrogens is 560 g/mol. The van der Waals surface area contributed by atoms with Crippen molar-refractivity contribution in [2.75, 3.05) is 13.2 Å². The molecule has 184 valence electrons. The second kappa shape index (κ2) is 10.5. The zero-order valence-electron chi connectivity index (χ0n) is 19.4. The van der Waals surface area contributed by atoms with E-state index in [4.69, 9.17) is 30.8 Å². The van der Waals surface area contributed by atoms with Crippen molar-refractivity contribution < 1.29 is 13.9 Å². The van der Waals surface area contributed by atoms with E-state index in [2.05, 4.69) is 26.0 Å². The molecule has 0 radical (unpaired) electrons. The molecule has 0 fully saturated rings. The Morgan fingerprint density at radius 2 is 1.97 bits per heavy atom. The van der Waals surface area contributed by atoms with Crippen LogP contribution in [0.4, 0.5) is 0 Å². The first-order valence-corrected chi connectivity index (χ1v) is 12.4. The van der Waals surface area contributed by atoms with Gasteiger partial charge in [0.25, 0.3) is 5.56 Å². The Bertz CT molecular complexity index is 1770. The normalized spacial score (nSPS) is 11.3. The van der Waals surface area contributed by atoms with Gasteiger partial charge in [-0.3, -0.25) is 4.79 Å². The van der Waals surface area contributed by atoms with Crippen LogP contribution < -0.4 is 15.0 Å². The molecule has 37 heavy (non-hydrogen) atoms. The van der Waals surface area contributed by atoms with Crippen molar-refractivity contribution in [1.29, 1.82) is 5.26 Å². The minimum absolute atomic E-state index is 0.121. The van der Waals surface area contributed by atoms with E-state index < -0.39 is 0 Å². The minimum Gasteiger partial charge on any atom is -0.490 e. The first kappa shape index (κ1) is 24.6. The highest BCUT2D eigenvalue weighted by Gasteiger charge is 2.17. The SMILES string of the molecule is CCOc1cc(C=Nn2c(-c3cc4cc(Cl)ccc4o3)nc3ccccc3c2=O)c(Br)cc1OCC#N. The molecule has 0 aliphatic carbocycles. The summed E-state index contributed by atoms with van der Waals surface area (Å²) in [7, 11) is 0. The van der Waals surface area contributed by atoms with Crippen molar-refractivity contribution in [2.45, 2.75) is 6.92 Å². The maximum atomic E-state index is 13.5. The standard InChI is InChI=1S/C27H18BrClN4O4/c1-2-35-23-13-17(20(28)14-24(23)36-10-9-30)15-31-33-26(32-21-6-4-3-5-19(21)27(33)34)25-12-16-11-18(29)7-8-22(16)37-25/h3-8,11-15H,2,10H2,1H3. The number of nitriles is 1. The van der Waals surface area contributed by atoms with Gasteiger partial charge in [-0.1, -0.05) is 23.7 Å². The lowest BCUT2D eigenvalue weighted by atomic mass is 10.2. The van der Waals surface area contributed by atoms with Crippen LogP contribution in [0.15, 0.2) is 79.4 Å². The zero-order chi connectivity index (χ0) is 25.9. The average Bonchev–Trinajstić information content (AvgIpc) is 3.31. The molecule has 0 aliphatic rings. The number of hydrogen-bond acceptors (Lipinski definition) is 7. The van der Waals surface area contributed by atoms with Gasteiger partial charge in [0, 0.05) is 20.4 Å². The Balaban J connectivity index is 1.66. The first-order valence-electron chi connectivity index (χ1n) is 11.2. The van der Waals surface area contributed by atoms with Crippen molar-refractivity contribution in [3.8, 4) is 29.2 Å². The van der Waals surface area contributed by atoms with E-state index in [0.29, 0.717) is 55.4 Å². The van der Waals surface area contributed by atoms with Gasteiger partial charge in [0.15, 0.2) is 23.9 Å². The van der Waals surface area contributed by atoms with Gasteiger partial charge in [-0.25, -0.2) is 4.98 Å². The van der Waals surface area contributed by atoms with Crippen LogP contribution in [0.1, 0.15) is 12.5 Å². The third-order valence-corrected chi connectivity index (χ3v) is 6.34. The molecule has 5 aromatic rings. The number of hydrogen-bond donors (Lipinski definition) is 0. The number of ether oxygens (including phenoxy) is 2. The summed E-state index contributed by atoms with van der Waals surface area (Å²) in [4.78, 5) is 18.2. The highest BCUT2D eigenvalue weighted by molar-refractivity contribution is 9.10. The van der Waals surface area contributed by atoms with Crippen LogP contribution in [0.3, 0.4) is 0 Å². The van der Waals surface area contributed by atoms with Gasteiger partial charge in [0.05, 0.1) is 23.7 Å². The maximum absolute atomic E-state index is 13.5. The number of rotatable bonds is 7. The predicted octanol–water partition coefficient (Wildman–Crippen LogP) is 6.41. The molecule has 0 unspecified atom stereocenters. The number of furan rings is 1. The number of nitrogens with zero attached hydrogens (tertiary/aromatic N) is 4. The molecule has 8 nitrogen and oxygen atoms in total. The van der Waals surface area contributed by atoms with Crippen molar-refractivity contribution in [2.24, 2.45) is 5.10 Å². The fourth-order valence-electron chi connectivity index (χ4n) is 3.78. The van der Waals surface area contributed by atoms with Gasteiger partial charge in [0.1, 0.15) is 11.7 Å². The van der Waals surface area contributed by atoms with Gasteiger partial charge in [-0.15, -0.1) is 0 Å². The zero-order valence-corrected chi connectivity index (χ0v) is 21.8. The number of aromatic nitrogens is 2. The van der Waals surface area contributed by atoms with E-state index in [1.54, 1.807) is 54.6 Å². The lowest BCUT2D eigenvalue weighted by molar-refractivity contribution is 0.298. The Morgan fingerprint density at radius 1 is 1.16 bits per heavy atom. The molecule has 0 saturated carbocycles. The van der Waals surface area contributed by atoms with Crippen LogP contribution in [-0.2, 0) is 0 Å². The van der Waals surface area contributed by atoms with Gasteiger partial charge in [-0.05, 0) is 71.4 Å². The Morgan fingerprint density at radius 3 is 2.78 bits per heavy atom. The van der Waals surface area contributed by atoms with E-state index in [9.17, 15) is 4.79 Å². The molecule has 0 N–H and O–H groups in total. The molecule has 10 heteroatoms. The number of benzene rings is 3. The van der Waals surface area contributed by atoms with E-state index in [0.717, 1.165) is 5.39 Å². The number of fused-ring (bicyclic) bond motifs is 2. The second-order valence-corrected chi connectivity index (χ2v) is 9.10. The smallest absolute Gasteiger partial charge is 0.282 e. The van der Waals surface area contributed by atoms with Crippen molar-refractivity contribution >= 4 is 55.6 Å². The molecule has 0 bridgehead atoms. The van der Waals surface area contributed by atoms with Crippen molar-refractivity contribution in [3.63, 3.8) is 0 Å². The lowest BCUT2D eigenvalue weighted by Gasteiger charge is -2.12. The third-order valence-electron chi connectivity index (χ3n) is 5.42. The fraction of sp³-hybridized carbons (Fsp3) is 0.111. The second-order valence-electron chi connectivity index (χ2n) is 7.81. The monoisotopic (exact) mass is 576 g/mol. The summed E-state index contributed by atoms with van der Waals surface area (Å²) in [5.74, 6) is 1.47. The predicted molar refractivity (Wildman–Crippen MR) is 146 cm³/mol. The van der Waals surface area contributed by atoms with Crippen LogP contribution in [0.25, 0.3) is 33.5 Å². The molecule has 0 saturated heterocycles. The maximum Gasteiger partial charge on any atom is 0.282 e. The molecule has 0 amide bonds. The van der Waals surface area contributed by atoms with Crippen LogP contribution in [0.5, 0.6) is 11.5 Å². The Kier molecular flexibility index (Phi) is 6.95. The summed E-state index contributed by atoms with van der Waals surface area (Å²) in [5, 5.41) is 15.1. The number of para-hydroxylation sites is 1. The van der Waals surface area contributed by atoms with Crippen LogP contribution >= 0.6 is 27.5 Å². The molecule has 3 aromatic carbocycles. The van der Waals surface area contributed by atoms with E-state index in [-0.39, 0.29) is 18.0 Å². The summed E-state index contributed by atoms with van der Waals surface area (Å²) in [6.45, 7) is 2.12. The van der Waals surface area contributed by atoms with Gasteiger partial charge >= 0.3 is 0 Å². The molecule has 0 spiro atoms. The summed E-state index contributed by atoms with van der Waals surface area (Å²) in [6.07, 6.45) is 1.52. The molecule has 0 aliphatic heterocycles. The minimum atomic E-state index is -0.356. The molecule has 2 heterocycles. The van der Waals surface area contributed by atoms with Gasteiger partial charge in [-0.2, -0.15) is 15.0 Å². The lowest BCUT2D eigenvalue weighted by Crippen LogP contribution is -2.20. The largest absolute Gasteiger partial charge is 0.490 e. The quantitative estimate of drug-likeness (QED) is 0.207. The fourth-order valence-corrected chi connectivity index (χ4v) is 4.38. The van der Waals surface area contributed by atoms with Crippen molar-refractivity contribution in [3.05, 3.63) is 86.1 Å². The average molecular weight is 578 g/mol. The summed E-state index contributed by atoms with van der Waals surface area (Å²) < 4.78 is 19.0. The van der Waals surface area contributed by atoms with E-state index in [1.165, 1.54) is 10.9 Å².